The van der Waals surface area contributed by atoms with Gasteiger partial charge in [-0.2, -0.15) is 0 Å². The van der Waals surface area contributed by atoms with E-state index in [0.29, 0.717) is 0 Å². The van der Waals surface area contributed by atoms with Gasteiger partial charge in [0.1, 0.15) is 0 Å². The minimum Gasteiger partial charge on any atom is -0.374 e. The van der Waals surface area contributed by atoms with E-state index in [1.807, 2.05) is 0 Å². The lowest BCUT2D eigenvalue weighted by Crippen LogP contribution is -2.45. The van der Waals surface area contributed by atoms with Gasteiger partial charge >= 0.3 is 0 Å². The second-order valence-electron chi connectivity index (χ2n) is 4.86. The lowest BCUT2D eigenvalue weighted by molar-refractivity contribution is 0.158. The molecule has 1 heterocycles. The molecule has 1 unspecified atom stereocenters. The molecule has 1 aromatic rings. The Morgan fingerprint density at radius 2 is 1.93 bits per heavy atom. The molecule has 15 heavy (non-hydrogen) atoms. The van der Waals surface area contributed by atoms with E-state index in [4.69, 9.17) is 0 Å². The van der Waals surface area contributed by atoms with Gasteiger partial charge in [-0.15, -0.1) is 0 Å². The molecular formula is C13H20N2. The Bertz CT molecular complexity index is 359. The molecular weight excluding hydrogens is 184 g/mol. The largest absolute Gasteiger partial charge is 0.374 e. The van der Waals surface area contributed by atoms with Crippen LogP contribution in [0.2, 0.25) is 0 Å². The fraction of sp³-hybridized carbons (Fsp3) is 0.538. The van der Waals surface area contributed by atoms with Gasteiger partial charge < -0.3 is 4.90 Å². The molecule has 0 amide bonds. The summed E-state index contributed by atoms with van der Waals surface area (Å²) in [6.07, 6.45) is 1.19. The van der Waals surface area contributed by atoms with Crippen molar-refractivity contribution in [3.05, 3.63) is 29.8 Å². The SMILES string of the molecule is CN1CCC(C)(N(C)C)c2ccccc21. The molecule has 82 valence electrons. The molecule has 0 bridgehead atoms. The molecule has 0 N–H and O–H groups in total. The first-order valence-electron chi connectivity index (χ1n) is 5.54. The van der Waals surface area contributed by atoms with Crippen LogP contribution in [0.5, 0.6) is 0 Å². The van der Waals surface area contributed by atoms with Crippen LogP contribution >= 0.6 is 0 Å². The van der Waals surface area contributed by atoms with Crippen molar-refractivity contribution in [3.63, 3.8) is 0 Å². The zero-order valence-electron chi connectivity index (χ0n) is 10.1. The zero-order valence-corrected chi connectivity index (χ0v) is 10.1. The summed E-state index contributed by atoms with van der Waals surface area (Å²) in [5.74, 6) is 0. The van der Waals surface area contributed by atoms with Crippen LogP contribution in [0.4, 0.5) is 5.69 Å². The summed E-state index contributed by atoms with van der Waals surface area (Å²) < 4.78 is 0. The van der Waals surface area contributed by atoms with E-state index in [1.165, 1.54) is 17.7 Å². The normalized spacial score (nSPS) is 25.5. The quantitative estimate of drug-likeness (QED) is 0.692. The fourth-order valence-electron chi connectivity index (χ4n) is 2.37. The summed E-state index contributed by atoms with van der Waals surface area (Å²) in [6, 6.07) is 8.73. The van der Waals surface area contributed by atoms with Gasteiger partial charge in [-0.25, -0.2) is 0 Å². The van der Waals surface area contributed by atoms with Gasteiger partial charge in [0.15, 0.2) is 0 Å². The third-order valence-corrected chi connectivity index (χ3v) is 3.82. The third-order valence-electron chi connectivity index (χ3n) is 3.82. The molecule has 0 radical (unpaired) electrons. The Morgan fingerprint density at radius 1 is 1.27 bits per heavy atom. The molecule has 0 spiro atoms. The van der Waals surface area contributed by atoms with E-state index in [9.17, 15) is 0 Å². The molecule has 2 heteroatoms. The van der Waals surface area contributed by atoms with Crippen molar-refractivity contribution >= 4 is 5.69 Å². The number of hydrogen-bond acceptors (Lipinski definition) is 2. The molecule has 0 aliphatic carbocycles. The van der Waals surface area contributed by atoms with Gasteiger partial charge in [0.25, 0.3) is 0 Å². The standard InChI is InChI=1S/C13H20N2/c1-13(14(2)3)9-10-15(4)12-8-6-5-7-11(12)13/h5-8H,9-10H2,1-4H3. The van der Waals surface area contributed by atoms with Crippen molar-refractivity contribution in [2.24, 2.45) is 0 Å². The molecule has 1 atom stereocenters. The van der Waals surface area contributed by atoms with E-state index < -0.39 is 0 Å². The number of rotatable bonds is 1. The predicted octanol–water partition coefficient (Wildman–Crippen LogP) is 2.30. The van der Waals surface area contributed by atoms with Crippen molar-refractivity contribution in [1.29, 1.82) is 0 Å². The first-order chi connectivity index (χ1) is 7.05. The van der Waals surface area contributed by atoms with Crippen molar-refractivity contribution < 1.29 is 0 Å². The van der Waals surface area contributed by atoms with Gasteiger partial charge in [0.05, 0.1) is 0 Å². The van der Waals surface area contributed by atoms with Crippen molar-refractivity contribution in [1.82, 2.24) is 4.90 Å². The monoisotopic (exact) mass is 204 g/mol. The first kappa shape index (κ1) is 10.5. The molecule has 1 aliphatic rings. The van der Waals surface area contributed by atoms with Crippen molar-refractivity contribution in [2.45, 2.75) is 18.9 Å². The molecule has 0 saturated heterocycles. The maximum absolute atomic E-state index is 2.35. The Morgan fingerprint density at radius 3 is 2.60 bits per heavy atom. The van der Waals surface area contributed by atoms with Crippen LogP contribution in [0.1, 0.15) is 18.9 Å². The van der Waals surface area contributed by atoms with Gasteiger partial charge in [0, 0.05) is 24.8 Å². The summed E-state index contributed by atoms with van der Waals surface area (Å²) in [4.78, 5) is 4.68. The fourth-order valence-corrected chi connectivity index (χ4v) is 2.37. The van der Waals surface area contributed by atoms with Crippen LogP contribution < -0.4 is 4.90 Å². The lowest BCUT2D eigenvalue weighted by Gasteiger charge is -2.44. The molecule has 1 aromatic carbocycles. The van der Waals surface area contributed by atoms with Crippen LogP contribution in [0.3, 0.4) is 0 Å². The summed E-state index contributed by atoms with van der Waals surface area (Å²) in [7, 11) is 6.51. The van der Waals surface area contributed by atoms with Crippen LogP contribution in [0.25, 0.3) is 0 Å². The van der Waals surface area contributed by atoms with Crippen molar-refractivity contribution in [3.8, 4) is 0 Å². The highest BCUT2D eigenvalue weighted by Crippen LogP contribution is 2.40. The minimum atomic E-state index is 0.184. The van der Waals surface area contributed by atoms with Crippen molar-refractivity contribution in [2.75, 3.05) is 32.6 Å². The topological polar surface area (TPSA) is 6.48 Å². The highest BCUT2D eigenvalue weighted by Gasteiger charge is 2.35. The smallest absolute Gasteiger partial charge is 0.0463 e. The average molecular weight is 204 g/mol. The third kappa shape index (κ3) is 1.53. The van der Waals surface area contributed by atoms with Crippen LogP contribution in [-0.4, -0.2) is 32.6 Å². The Labute approximate surface area is 92.5 Å². The van der Waals surface area contributed by atoms with E-state index in [0.717, 1.165) is 6.54 Å². The summed E-state index contributed by atoms with van der Waals surface area (Å²) in [6.45, 7) is 3.46. The number of anilines is 1. The molecule has 2 nitrogen and oxygen atoms in total. The summed E-state index contributed by atoms with van der Waals surface area (Å²) in [5.41, 5.74) is 3.01. The van der Waals surface area contributed by atoms with Crippen LogP contribution in [-0.2, 0) is 5.54 Å². The Kier molecular flexibility index (Phi) is 2.47. The van der Waals surface area contributed by atoms with E-state index in [1.54, 1.807) is 0 Å². The van der Waals surface area contributed by atoms with E-state index in [-0.39, 0.29) is 5.54 Å². The van der Waals surface area contributed by atoms with Gasteiger partial charge in [-0.3, -0.25) is 4.90 Å². The van der Waals surface area contributed by atoms with Gasteiger partial charge in [0.2, 0.25) is 0 Å². The number of para-hydroxylation sites is 1. The summed E-state index contributed by atoms with van der Waals surface area (Å²) >= 11 is 0. The Hall–Kier alpha value is -1.02. The van der Waals surface area contributed by atoms with Crippen LogP contribution in [0.15, 0.2) is 24.3 Å². The summed E-state index contributed by atoms with van der Waals surface area (Å²) in [5, 5.41) is 0. The molecule has 2 rings (SSSR count). The number of hydrogen-bond donors (Lipinski definition) is 0. The second kappa shape index (κ2) is 3.53. The van der Waals surface area contributed by atoms with E-state index in [2.05, 4.69) is 62.1 Å². The number of nitrogens with zero attached hydrogens (tertiary/aromatic N) is 2. The Balaban J connectivity index is 2.53. The minimum absolute atomic E-state index is 0.184. The molecule has 0 fully saturated rings. The lowest BCUT2D eigenvalue weighted by atomic mass is 9.83. The highest BCUT2D eigenvalue weighted by atomic mass is 15.2. The maximum atomic E-state index is 2.35. The molecule has 0 aromatic heterocycles. The van der Waals surface area contributed by atoms with E-state index >= 15 is 0 Å². The average Bonchev–Trinajstić information content (AvgIpc) is 2.24. The number of benzene rings is 1. The van der Waals surface area contributed by atoms with Gasteiger partial charge in [-0.1, -0.05) is 18.2 Å². The zero-order chi connectivity index (χ0) is 11.1. The molecule has 1 aliphatic heterocycles. The second-order valence-corrected chi connectivity index (χ2v) is 4.86. The van der Waals surface area contributed by atoms with Crippen LogP contribution in [0, 0.1) is 0 Å². The maximum Gasteiger partial charge on any atom is 0.0463 e. The first-order valence-corrected chi connectivity index (χ1v) is 5.54. The van der Waals surface area contributed by atoms with Gasteiger partial charge in [-0.05, 0) is 39.1 Å². The highest BCUT2D eigenvalue weighted by molar-refractivity contribution is 5.58. The predicted molar refractivity (Wildman–Crippen MR) is 65.4 cm³/mol. The number of fused-ring (bicyclic) bond motifs is 1. The molecule has 0 saturated carbocycles.